The number of carbonyl (C=O) groups excluding carboxylic acids is 3. The lowest BCUT2D eigenvalue weighted by atomic mass is 9.83. The predicted octanol–water partition coefficient (Wildman–Crippen LogP) is 1.81. The van der Waals surface area contributed by atoms with Crippen molar-refractivity contribution in [3.63, 3.8) is 0 Å². The molecule has 6 heteroatoms. The normalized spacial score (nSPS) is 16.4. The zero-order chi connectivity index (χ0) is 16.8. The average molecular weight is 317 g/mol. The van der Waals surface area contributed by atoms with Crippen molar-refractivity contribution < 1.29 is 14.4 Å². The molecule has 2 rings (SSSR count). The van der Waals surface area contributed by atoms with Crippen LogP contribution in [0.5, 0.6) is 0 Å². The minimum Gasteiger partial charge on any atom is -0.368 e. The highest BCUT2D eigenvalue weighted by atomic mass is 16.2. The third-order valence-corrected chi connectivity index (χ3v) is 4.18. The van der Waals surface area contributed by atoms with Crippen molar-refractivity contribution in [3.8, 4) is 0 Å². The summed E-state index contributed by atoms with van der Waals surface area (Å²) in [6.07, 6.45) is 5.12. The molecule has 23 heavy (non-hydrogen) atoms. The summed E-state index contributed by atoms with van der Waals surface area (Å²) >= 11 is 0. The molecule has 0 spiro atoms. The molecule has 0 heterocycles. The first kappa shape index (κ1) is 17.0. The Hall–Kier alpha value is -2.37. The summed E-state index contributed by atoms with van der Waals surface area (Å²) < 4.78 is 0. The Kier molecular flexibility index (Phi) is 5.73. The molecule has 0 radical (unpaired) electrons. The smallest absolute Gasteiger partial charge is 0.251 e. The van der Waals surface area contributed by atoms with E-state index in [0.717, 1.165) is 25.7 Å². The molecule has 124 valence electrons. The molecule has 0 bridgehead atoms. The zero-order valence-electron chi connectivity index (χ0n) is 13.3. The van der Waals surface area contributed by atoms with Crippen LogP contribution < -0.4 is 16.4 Å². The molecule has 1 aliphatic carbocycles. The van der Waals surface area contributed by atoms with Crippen LogP contribution >= 0.6 is 0 Å². The molecule has 0 saturated heterocycles. The van der Waals surface area contributed by atoms with Gasteiger partial charge in [-0.05, 0) is 43.0 Å². The fourth-order valence-corrected chi connectivity index (χ4v) is 3.02. The van der Waals surface area contributed by atoms with Crippen molar-refractivity contribution >= 4 is 23.4 Å². The fourth-order valence-electron chi connectivity index (χ4n) is 3.02. The first-order valence-electron chi connectivity index (χ1n) is 7.95. The number of rotatable bonds is 5. The van der Waals surface area contributed by atoms with Gasteiger partial charge in [-0.25, -0.2) is 0 Å². The van der Waals surface area contributed by atoms with Crippen LogP contribution in [0.2, 0.25) is 0 Å². The van der Waals surface area contributed by atoms with E-state index in [-0.39, 0.29) is 17.7 Å². The van der Waals surface area contributed by atoms with E-state index in [1.165, 1.54) is 13.3 Å². The maximum Gasteiger partial charge on any atom is 0.251 e. The van der Waals surface area contributed by atoms with E-state index in [1.54, 1.807) is 24.3 Å². The molecule has 6 nitrogen and oxygen atoms in total. The van der Waals surface area contributed by atoms with Gasteiger partial charge >= 0.3 is 0 Å². The quantitative estimate of drug-likeness (QED) is 0.772. The SMILES string of the molecule is CC(=O)Nc1ccc(C(=O)N[C@@H](C(N)=O)C2CCCCC2)cc1. The molecule has 1 aromatic carbocycles. The number of hydrogen-bond donors (Lipinski definition) is 3. The molecule has 3 amide bonds. The minimum absolute atomic E-state index is 0.115. The molecular weight excluding hydrogens is 294 g/mol. The highest BCUT2D eigenvalue weighted by Gasteiger charge is 2.29. The Morgan fingerprint density at radius 1 is 1.09 bits per heavy atom. The van der Waals surface area contributed by atoms with E-state index in [1.807, 2.05) is 0 Å². The third-order valence-electron chi connectivity index (χ3n) is 4.18. The Labute approximate surface area is 135 Å². The van der Waals surface area contributed by atoms with Crippen LogP contribution in [-0.2, 0) is 9.59 Å². The first-order valence-corrected chi connectivity index (χ1v) is 7.95. The zero-order valence-corrected chi connectivity index (χ0v) is 13.3. The summed E-state index contributed by atoms with van der Waals surface area (Å²) in [6.45, 7) is 1.42. The largest absolute Gasteiger partial charge is 0.368 e. The van der Waals surface area contributed by atoms with E-state index >= 15 is 0 Å². The number of amides is 3. The lowest BCUT2D eigenvalue weighted by Crippen LogP contribution is -2.49. The Bertz CT molecular complexity index is 577. The summed E-state index contributed by atoms with van der Waals surface area (Å²) in [5.74, 6) is -0.869. The third kappa shape index (κ3) is 4.81. The molecule has 1 saturated carbocycles. The minimum atomic E-state index is -0.627. The van der Waals surface area contributed by atoms with E-state index in [4.69, 9.17) is 5.73 Å². The predicted molar refractivity (Wildman–Crippen MR) is 87.8 cm³/mol. The standard InChI is InChI=1S/C17H23N3O3/c1-11(21)19-14-9-7-13(8-10-14)17(23)20-15(16(18)22)12-5-3-2-4-6-12/h7-10,12,15H,2-6H2,1H3,(H2,18,22)(H,19,21)(H,20,23)/t15-/m1/s1. The van der Waals surface area contributed by atoms with Gasteiger partial charge in [-0.2, -0.15) is 0 Å². The maximum absolute atomic E-state index is 12.3. The number of primary amides is 1. The van der Waals surface area contributed by atoms with E-state index in [2.05, 4.69) is 10.6 Å². The summed E-state index contributed by atoms with van der Waals surface area (Å²) in [5, 5.41) is 5.40. The highest BCUT2D eigenvalue weighted by Crippen LogP contribution is 2.26. The Morgan fingerprint density at radius 3 is 2.22 bits per heavy atom. The van der Waals surface area contributed by atoms with E-state index < -0.39 is 11.9 Å². The van der Waals surface area contributed by atoms with Gasteiger partial charge in [0.15, 0.2) is 0 Å². The summed E-state index contributed by atoms with van der Waals surface area (Å²) in [6, 6.07) is 5.89. The molecule has 1 aromatic rings. The number of carbonyl (C=O) groups is 3. The number of benzene rings is 1. The Morgan fingerprint density at radius 2 is 1.70 bits per heavy atom. The highest BCUT2D eigenvalue weighted by molar-refractivity contribution is 5.98. The van der Waals surface area contributed by atoms with E-state index in [9.17, 15) is 14.4 Å². The van der Waals surface area contributed by atoms with Gasteiger partial charge in [0.05, 0.1) is 0 Å². The maximum atomic E-state index is 12.3. The van der Waals surface area contributed by atoms with Gasteiger partial charge < -0.3 is 16.4 Å². The van der Waals surface area contributed by atoms with Crippen molar-refractivity contribution in [3.05, 3.63) is 29.8 Å². The van der Waals surface area contributed by atoms with Gasteiger partial charge in [0.2, 0.25) is 11.8 Å². The number of nitrogens with two attached hydrogens (primary N) is 1. The van der Waals surface area contributed by atoms with Gasteiger partial charge in [0, 0.05) is 18.2 Å². The van der Waals surface area contributed by atoms with Crippen LogP contribution in [0, 0.1) is 5.92 Å². The van der Waals surface area contributed by atoms with Crippen LogP contribution in [0.3, 0.4) is 0 Å². The van der Waals surface area contributed by atoms with Crippen molar-refractivity contribution in [2.24, 2.45) is 11.7 Å². The number of anilines is 1. The second kappa shape index (κ2) is 7.76. The van der Waals surface area contributed by atoms with Gasteiger partial charge in [0.1, 0.15) is 6.04 Å². The molecule has 0 unspecified atom stereocenters. The molecule has 0 aromatic heterocycles. The molecule has 1 atom stereocenters. The van der Waals surface area contributed by atoms with Crippen molar-refractivity contribution in [2.75, 3.05) is 5.32 Å². The fraction of sp³-hybridized carbons (Fsp3) is 0.471. The van der Waals surface area contributed by atoms with Crippen LogP contribution in [0.15, 0.2) is 24.3 Å². The lowest BCUT2D eigenvalue weighted by Gasteiger charge is -2.28. The second-order valence-corrected chi connectivity index (χ2v) is 6.01. The van der Waals surface area contributed by atoms with Gasteiger partial charge in [-0.1, -0.05) is 19.3 Å². The number of nitrogens with one attached hydrogen (secondary N) is 2. The summed E-state index contributed by atoms with van der Waals surface area (Å²) in [5.41, 5.74) is 6.52. The second-order valence-electron chi connectivity index (χ2n) is 6.01. The Balaban J connectivity index is 2.03. The molecule has 1 aliphatic rings. The van der Waals surface area contributed by atoms with Crippen LogP contribution in [0.1, 0.15) is 49.4 Å². The summed E-state index contributed by atoms with van der Waals surface area (Å²) in [4.78, 5) is 35.0. The topological polar surface area (TPSA) is 101 Å². The van der Waals surface area contributed by atoms with E-state index in [0.29, 0.717) is 11.3 Å². The van der Waals surface area contributed by atoms with Gasteiger partial charge in [-0.3, -0.25) is 14.4 Å². The lowest BCUT2D eigenvalue weighted by molar-refractivity contribution is -0.121. The summed E-state index contributed by atoms with van der Waals surface area (Å²) in [7, 11) is 0. The molecule has 1 fully saturated rings. The van der Waals surface area contributed by atoms with Crippen molar-refractivity contribution in [1.29, 1.82) is 0 Å². The monoisotopic (exact) mass is 317 g/mol. The van der Waals surface area contributed by atoms with Crippen LogP contribution in [0.25, 0.3) is 0 Å². The van der Waals surface area contributed by atoms with Gasteiger partial charge in [0.25, 0.3) is 5.91 Å². The molecule has 4 N–H and O–H groups in total. The van der Waals surface area contributed by atoms with Crippen molar-refractivity contribution in [1.82, 2.24) is 5.32 Å². The average Bonchev–Trinajstić information content (AvgIpc) is 2.53. The first-order chi connectivity index (χ1) is 11.0. The van der Waals surface area contributed by atoms with Crippen LogP contribution in [0.4, 0.5) is 5.69 Å². The van der Waals surface area contributed by atoms with Gasteiger partial charge in [-0.15, -0.1) is 0 Å². The van der Waals surface area contributed by atoms with Crippen LogP contribution in [-0.4, -0.2) is 23.8 Å². The molecule has 0 aliphatic heterocycles. The molecular formula is C17H23N3O3. The van der Waals surface area contributed by atoms with Crippen molar-refractivity contribution in [2.45, 2.75) is 45.1 Å². The number of hydrogen-bond acceptors (Lipinski definition) is 3.